The van der Waals surface area contributed by atoms with Crippen molar-refractivity contribution in [3.05, 3.63) is 52.0 Å². The Hall–Kier alpha value is -2.60. The van der Waals surface area contributed by atoms with E-state index in [4.69, 9.17) is 14.2 Å². The maximum Gasteiger partial charge on any atom is 0.308 e. The van der Waals surface area contributed by atoms with Crippen molar-refractivity contribution >= 4 is 39.5 Å². The third kappa shape index (κ3) is 3.91. The summed E-state index contributed by atoms with van der Waals surface area (Å²) in [5.74, 6) is 0.825. The maximum atomic E-state index is 11.1. The first-order valence-corrected chi connectivity index (χ1v) is 8.36. The molecule has 1 aliphatic rings. The van der Waals surface area contributed by atoms with Crippen LogP contribution in [-0.2, 0) is 9.59 Å². The van der Waals surface area contributed by atoms with Crippen LogP contribution in [0, 0.1) is 0 Å². The average molecular weight is 403 g/mol. The molecule has 0 saturated carbocycles. The van der Waals surface area contributed by atoms with Gasteiger partial charge < -0.3 is 14.2 Å². The zero-order valence-electron chi connectivity index (χ0n) is 13.7. The third-order valence-electron chi connectivity index (χ3n) is 3.53. The van der Waals surface area contributed by atoms with Crippen molar-refractivity contribution in [2.24, 2.45) is 0 Å². The van der Waals surface area contributed by atoms with Gasteiger partial charge in [-0.3, -0.25) is 9.59 Å². The molecule has 0 aliphatic carbocycles. The molecule has 0 atom stereocenters. The quantitative estimate of drug-likeness (QED) is 0.567. The molecular weight excluding hydrogens is 388 g/mol. The van der Waals surface area contributed by atoms with Crippen molar-refractivity contribution in [3.63, 3.8) is 0 Å². The molecule has 0 amide bonds. The number of esters is 2. The zero-order chi connectivity index (χ0) is 18.0. The Kier molecular flexibility index (Phi) is 4.90. The summed E-state index contributed by atoms with van der Waals surface area (Å²) in [6.45, 7) is 3.09. The van der Waals surface area contributed by atoms with E-state index in [2.05, 4.69) is 15.9 Å². The lowest BCUT2D eigenvalue weighted by Gasteiger charge is -2.20. The fraction of sp³-hybridized carbons (Fsp3) is 0.158. The minimum atomic E-state index is -0.388. The molecule has 5 nitrogen and oxygen atoms in total. The molecule has 25 heavy (non-hydrogen) atoms. The normalized spacial score (nSPS) is 12.5. The van der Waals surface area contributed by atoms with Crippen molar-refractivity contribution < 1.29 is 23.8 Å². The first-order chi connectivity index (χ1) is 11.9. The van der Waals surface area contributed by atoms with Crippen LogP contribution in [0.25, 0.3) is 11.6 Å². The highest BCUT2D eigenvalue weighted by atomic mass is 79.9. The Balaban J connectivity index is 1.88. The largest absolute Gasteiger partial charge is 0.487 e. The highest BCUT2D eigenvalue weighted by Gasteiger charge is 2.19. The van der Waals surface area contributed by atoms with Gasteiger partial charge in [-0.2, -0.15) is 0 Å². The maximum absolute atomic E-state index is 11.1. The monoisotopic (exact) mass is 402 g/mol. The number of benzene rings is 2. The zero-order valence-corrected chi connectivity index (χ0v) is 15.3. The molecule has 0 unspecified atom stereocenters. The number of carbonyl (C=O) groups excluding carboxylic acids is 2. The fourth-order valence-corrected chi connectivity index (χ4v) is 3.05. The molecule has 0 spiro atoms. The molecular formula is C19H15BrO5. The molecule has 0 bridgehead atoms. The van der Waals surface area contributed by atoms with E-state index in [-0.39, 0.29) is 11.9 Å². The standard InChI is InChI=1S/C19H15BrO5/c1-11(21)24-16-6-3-13(4-7-16)15-9-14-5-8-17(25-12(2)22)18(20)19(14)23-10-15/h3-9H,10H2,1-2H3. The summed E-state index contributed by atoms with van der Waals surface area (Å²) in [5.41, 5.74) is 2.85. The smallest absolute Gasteiger partial charge is 0.308 e. The van der Waals surface area contributed by atoms with Gasteiger partial charge in [0.25, 0.3) is 0 Å². The van der Waals surface area contributed by atoms with Crippen molar-refractivity contribution in [2.45, 2.75) is 13.8 Å². The van der Waals surface area contributed by atoms with E-state index in [9.17, 15) is 9.59 Å². The van der Waals surface area contributed by atoms with Gasteiger partial charge in [0, 0.05) is 19.4 Å². The van der Waals surface area contributed by atoms with Gasteiger partial charge in [-0.1, -0.05) is 12.1 Å². The van der Waals surface area contributed by atoms with E-state index < -0.39 is 0 Å². The first-order valence-electron chi connectivity index (χ1n) is 7.57. The van der Waals surface area contributed by atoms with Crippen LogP contribution in [0.4, 0.5) is 0 Å². The molecule has 3 rings (SSSR count). The van der Waals surface area contributed by atoms with Gasteiger partial charge in [-0.05, 0) is 57.4 Å². The van der Waals surface area contributed by atoms with Crippen molar-refractivity contribution in [3.8, 4) is 17.2 Å². The molecule has 128 valence electrons. The lowest BCUT2D eigenvalue weighted by molar-refractivity contribution is -0.132. The molecule has 0 aromatic heterocycles. The highest BCUT2D eigenvalue weighted by Crippen LogP contribution is 2.41. The van der Waals surface area contributed by atoms with Gasteiger partial charge in [0.1, 0.15) is 28.3 Å². The topological polar surface area (TPSA) is 61.8 Å². The summed E-state index contributed by atoms with van der Waals surface area (Å²) in [6.07, 6.45) is 2.02. The Morgan fingerprint density at radius 3 is 2.32 bits per heavy atom. The molecule has 0 saturated heterocycles. The van der Waals surface area contributed by atoms with E-state index >= 15 is 0 Å². The van der Waals surface area contributed by atoms with Crippen LogP contribution in [0.2, 0.25) is 0 Å². The van der Waals surface area contributed by atoms with Gasteiger partial charge in [0.05, 0.1) is 0 Å². The third-order valence-corrected chi connectivity index (χ3v) is 4.29. The summed E-state index contributed by atoms with van der Waals surface area (Å²) in [7, 11) is 0. The van der Waals surface area contributed by atoms with Crippen LogP contribution < -0.4 is 14.2 Å². The highest BCUT2D eigenvalue weighted by molar-refractivity contribution is 9.10. The number of ether oxygens (including phenoxy) is 3. The minimum Gasteiger partial charge on any atom is -0.487 e. The molecule has 1 aliphatic heterocycles. The van der Waals surface area contributed by atoms with E-state index in [0.29, 0.717) is 28.3 Å². The van der Waals surface area contributed by atoms with Crippen LogP contribution in [0.15, 0.2) is 40.9 Å². The van der Waals surface area contributed by atoms with Gasteiger partial charge in [0.15, 0.2) is 0 Å². The summed E-state index contributed by atoms with van der Waals surface area (Å²) in [4.78, 5) is 22.1. The Bertz CT molecular complexity index is 868. The van der Waals surface area contributed by atoms with Gasteiger partial charge in [-0.15, -0.1) is 0 Å². The van der Waals surface area contributed by atoms with E-state index in [0.717, 1.165) is 16.7 Å². The molecule has 0 radical (unpaired) electrons. The summed E-state index contributed by atoms with van der Waals surface area (Å²) < 4.78 is 16.6. The Labute approximate surface area is 153 Å². The summed E-state index contributed by atoms with van der Waals surface area (Å²) in [5, 5.41) is 0. The molecule has 0 N–H and O–H groups in total. The number of carbonyl (C=O) groups is 2. The number of rotatable bonds is 3. The van der Waals surface area contributed by atoms with E-state index in [1.165, 1.54) is 13.8 Å². The fourth-order valence-electron chi connectivity index (χ4n) is 2.50. The lowest BCUT2D eigenvalue weighted by Crippen LogP contribution is -2.09. The van der Waals surface area contributed by atoms with Crippen molar-refractivity contribution in [1.29, 1.82) is 0 Å². The minimum absolute atomic E-state index is 0.352. The second-order valence-corrected chi connectivity index (χ2v) is 6.26. The predicted molar refractivity (Wildman–Crippen MR) is 96.6 cm³/mol. The Morgan fingerprint density at radius 1 is 1.00 bits per heavy atom. The van der Waals surface area contributed by atoms with Crippen LogP contribution in [-0.4, -0.2) is 18.5 Å². The number of hydrogen-bond donors (Lipinski definition) is 0. The van der Waals surface area contributed by atoms with Crippen molar-refractivity contribution in [1.82, 2.24) is 0 Å². The van der Waals surface area contributed by atoms with Crippen LogP contribution in [0.3, 0.4) is 0 Å². The lowest BCUT2D eigenvalue weighted by atomic mass is 10.0. The SMILES string of the molecule is CC(=O)Oc1ccc(C2=Cc3ccc(OC(C)=O)c(Br)c3OC2)cc1. The predicted octanol–water partition coefficient (Wildman–Crippen LogP) is 4.23. The molecule has 2 aromatic carbocycles. The molecule has 2 aromatic rings. The van der Waals surface area contributed by atoms with Crippen molar-refractivity contribution in [2.75, 3.05) is 6.61 Å². The Morgan fingerprint density at radius 2 is 1.68 bits per heavy atom. The van der Waals surface area contributed by atoms with Crippen LogP contribution in [0.1, 0.15) is 25.0 Å². The van der Waals surface area contributed by atoms with Gasteiger partial charge >= 0.3 is 11.9 Å². The van der Waals surface area contributed by atoms with Gasteiger partial charge in [0.2, 0.25) is 0 Å². The number of fused-ring (bicyclic) bond motifs is 1. The van der Waals surface area contributed by atoms with Crippen LogP contribution >= 0.6 is 15.9 Å². The number of halogens is 1. The van der Waals surface area contributed by atoms with E-state index in [1.807, 2.05) is 24.3 Å². The first kappa shape index (κ1) is 17.2. The summed E-state index contributed by atoms with van der Waals surface area (Å²) in [6, 6.07) is 10.8. The second-order valence-electron chi connectivity index (χ2n) is 5.47. The van der Waals surface area contributed by atoms with Gasteiger partial charge in [-0.25, -0.2) is 0 Å². The van der Waals surface area contributed by atoms with E-state index in [1.54, 1.807) is 18.2 Å². The molecule has 1 heterocycles. The number of hydrogen-bond acceptors (Lipinski definition) is 5. The molecule has 6 heteroatoms. The average Bonchev–Trinajstić information content (AvgIpc) is 2.57. The second kappa shape index (κ2) is 7.11. The van der Waals surface area contributed by atoms with Crippen LogP contribution in [0.5, 0.6) is 17.2 Å². The summed E-state index contributed by atoms with van der Waals surface area (Å²) >= 11 is 3.42. The molecule has 0 fully saturated rings.